The number of nitrogens with zero attached hydrogens (tertiary/aromatic N) is 1. The van der Waals surface area contributed by atoms with E-state index in [0.717, 1.165) is 13.0 Å². The number of rotatable bonds is 5. The van der Waals surface area contributed by atoms with E-state index in [1.54, 1.807) is 6.07 Å². The monoisotopic (exact) mass is 334 g/mol. The molecule has 0 saturated carbocycles. The van der Waals surface area contributed by atoms with E-state index in [9.17, 15) is 4.79 Å². The number of fused-ring (bicyclic) bond motifs is 2. The second-order valence-electron chi connectivity index (χ2n) is 7.65. The second kappa shape index (κ2) is 7.01. The molecule has 3 nitrogen and oxygen atoms in total. The molecule has 2 aromatic carbocycles. The zero-order valence-electron chi connectivity index (χ0n) is 14.6. The van der Waals surface area contributed by atoms with Gasteiger partial charge in [-0.2, -0.15) is 0 Å². The van der Waals surface area contributed by atoms with Gasteiger partial charge in [0.2, 0.25) is 5.91 Å². The smallest absolute Gasteiger partial charge is 0.248 e. The van der Waals surface area contributed by atoms with E-state index in [1.807, 2.05) is 12.1 Å². The van der Waals surface area contributed by atoms with Crippen LogP contribution in [0.4, 0.5) is 0 Å². The van der Waals surface area contributed by atoms with E-state index in [-0.39, 0.29) is 5.91 Å². The van der Waals surface area contributed by atoms with Gasteiger partial charge in [-0.25, -0.2) is 0 Å². The molecule has 1 amide bonds. The lowest BCUT2D eigenvalue weighted by molar-refractivity contribution is 0.0960. The van der Waals surface area contributed by atoms with Gasteiger partial charge in [0.05, 0.1) is 0 Å². The molecule has 2 heterocycles. The largest absolute Gasteiger partial charge is 0.366 e. The number of hydrogen-bond acceptors (Lipinski definition) is 2. The van der Waals surface area contributed by atoms with Crippen LogP contribution in [-0.4, -0.2) is 22.9 Å². The molecule has 1 unspecified atom stereocenters. The molecule has 2 fully saturated rings. The minimum Gasteiger partial charge on any atom is -0.366 e. The van der Waals surface area contributed by atoms with Gasteiger partial charge in [-0.15, -0.1) is 0 Å². The number of nitrogens with two attached hydrogens (primary N) is 1. The first kappa shape index (κ1) is 16.3. The molecule has 2 aromatic rings. The highest BCUT2D eigenvalue weighted by Gasteiger charge is 2.40. The molecule has 2 aliphatic heterocycles. The van der Waals surface area contributed by atoms with Crippen LogP contribution in [0.1, 0.15) is 47.2 Å². The van der Waals surface area contributed by atoms with E-state index < -0.39 is 0 Å². The minimum atomic E-state index is -0.334. The molecule has 3 atom stereocenters. The Kier molecular flexibility index (Phi) is 4.58. The van der Waals surface area contributed by atoms with E-state index in [2.05, 4.69) is 41.3 Å². The van der Waals surface area contributed by atoms with Crippen LogP contribution >= 0.6 is 0 Å². The summed E-state index contributed by atoms with van der Waals surface area (Å²) in [5.74, 6) is 0.382. The molecule has 25 heavy (non-hydrogen) atoms. The fourth-order valence-electron chi connectivity index (χ4n) is 4.79. The van der Waals surface area contributed by atoms with E-state index >= 15 is 0 Å². The van der Waals surface area contributed by atoms with E-state index in [1.165, 1.54) is 36.8 Å². The van der Waals surface area contributed by atoms with Crippen molar-refractivity contribution in [1.82, 2.24) is 4.90 Å². The highest BCUT2D eigenvalue weighted by molar-refractivity contribution is 5.92. The number of primary amides is 1. The molecule has 2 N–H and O–H groups in total. The fourth-order valence-corrected chi connectivity index (χ4v) is 4.79. The summed E-state index contributed by atoms with van der Waals surface area (Å²) in [7, 11) is 0. The minimum absolute atomic E-state index is 0.334. The summed E-state index contributed by atoms with van der Waals surface area (Å²) in [4.78, 5) is 14.1. The summed E-state index contributed by atoms with van der Waals surface area (Å²) in [5.41, 5.74) is 8.71. The highest BCUT2D eigenvalue weighted by atomic mass is 16.1. The topological polar surface area (TPSA) is 46.3 Å². The van der Waals surface area contributed by atoms with Crippen molar-refractivity contribution in [2.75, 3.05) is 0 Å². The molecule has 0 radical (unpaired) electrons. The number of carbonyl (C=O) groups excluding carboxylic acids is 1. The van der Waals surface area contributed by atoms with Crippen molar-refractivity contribution < 1.29 is 4.79 Å². The van der Waals surface area contributed by atoms with Crippen molar-refractivity contribution in [3.05, 3.63) is 71.3 Å². The normalized spacial score (nSPS) is 25.8. The lowest BCUT2D eigenvalue weighted by atomic mass is 9.85. The zero-order chi connectivity index (χ0) is 17.2. The van der Waals surface area contributed by atoms with Crippen molar-refractivity contribution in [3.8, 4) is 0 Å². The van der Waals surface area contributed by atoms with Gasteiger partial charge in [-0.1, -0.05) is 42.5 Å². The Morgan fingerprint density at radius 3 is 2.32 bits per heavy atom. The maximum atomic E-state index is 11.4. The zero-order valence-corrected chi connectivity index (χ0v) is 14.6. The second-order valence-corrected chi connectivity index (χ2v) is 7.65. The van der Waals surface area contributed by atoms with Gasteiger partial charge in [-0.3, -0.25) is 9.69 Å². The van der Waals surface area contributed by atoms with Crippen LogP contribution in [0.2, 0.25) is 0 Å². The summed E-state index contributed by atoms with van der Waals surface area (Å²) in [6.45, 7) is 1.08. The molecule has 2 bridgehead atoms. The molecule has 130 valence electrons. The quantitative estimate of drug-likeness (QED) is 0.905. The fraction of sp³-hybridized carbons (Fsp3) is 0.409. The van der Waals surface area contributed by atoms with Gasteiger partial charge < -0.3 is 5.73 Å². The van der Waals surface area contributed by atoms with Crippen LogP contribution in [0.3, 0.4) is 0 Å². The molecule has 2 aliphatic rings. The average molecular weight is 334 g/mol. The molecular formula is C22H26N2O. The van der Waals surface area contributed by atoms with Crippen molar-refractivity contribution in [2.24, 2.45) is 11.7 Å². The van der Waals surface area contributed by atoms with Crippen molar-refractivity contribution in [3.63, 3.8) is 0 Å². The summed E-state index contributed by atoms with van der Waals surface area (Å²) < 4.78 is 0. The Morgan fingerprint density at radius 1 is 0.960 bits per heavy atom. The molecular weight excluding hydrogens is 308 g/mol. The third-order valence-corrected chi connectivity index (χ3v) is 5.93. The maximum absolute atomic E-state index is 11.4. The van der Waals surface area contributed by atoms with Gasteiger partial charge in [0.1, 0.15) is 0 Å². The van der Waals surface area contributed by atoms with Crippen molar-refractivity contribution in [2.45, 2.75) is 50.7 Å². The first-order valence-electron chi connectivity index (χ1n) is 9.37. The molecule has 3 heteroatoms. The van der Waals surface area contributed by atoms with Crippen LogP contribution in [0, 0.1) is 5.92 Å². The number of benzene rings is 2. The summed E-state index contributed by atoms with van der Waals surface area (Å²) in [6.07, 6.45) is 6.26. The number of carbonyl (C=O) groups is 1. The van der Waals surface area contributed by atoms with Crippen molar-refractivity contribution in [1.29, 1.82) is 0 Å². The number of hydrogen-bond donors (Lipinski definition) is 1. The summed E-state index contributed by atoms with van der Waals surface area (Å²) in [6, 6.07) is 20.1. The van der Waals surface area contributed by atoms with Crippen LogP contribution in [0.5, 0.6) is 0 Å². The van der Waals surface area contributed by atoms with E-state index in [4.69, 9.17) is 5.73 Å². The molecule has 0 spiro atoms. The SMILES string of the molecule is NC(=O)c1cccc(CC2C[C@H]3CC[C@@H](C2)N3Cc2ccccc2)c1. The number of piperidine rings is 1. The number of amides is 1. The van der Waals surface area contributed by atoms with Gasteiger partial charge in [0, 0.05) is 24.2 Å². The van der Waals surface area contributed by atoms with Crippen LogP contribution in [0.25, 0.3) is 0 Å². The first-order chi connectivity index (χ1) is 12.2. The highest BCUT2D eigenvalue weighted by Crippen LogP contribution is 2.40. The third-order valence-electron chi connectivity index (χ3n) is 5.93. The molecule has 0 aromatic heterocycles. The lowest BCUT2D eigenvalue weighted by Crippen LogP contribution is -2.42. The third kappa shape index (κ3) is 3.62. The van der Waals surface area contributed by atoms with Crippen molar-refractivity contribution >= 4 is 5.91 Å². The maximum Gasteiger partial charge on any atom is 0.248 e. The van der Waals surface area contributed by atoms with Gasteiger partial charge in [0.25, 0.3) is 0 Å². The van der Waals surface area contributed by atoms with E-state index in [0.29, 0.717) is 23.6 Å². The van der Waals surface area contributed by atoms with Gasteiger partial charge in [0.15, 0.2) is 0 Å². The van der Waals surface area contributed by atoms with Gasteiger partial charge in [-0.05, 0) is 61.3 Å². The lowest BCUT2D eigenvalue weighted by Gasteiger charge is -2.39. The van der Waals surface area contributed by atoms with Crippen LogP contribution in [0.15, 0.2) is 54.6 Å². The predicted molar refractivity (Wildman–Crippen MR) is 100 cm³/mol. The molecule has 4 rings (SSSR count). The average Bonchev–Trinajstić information content (AvgIpc) is 2.85. The Labute approximate surface area is 149 Å². The van der Waals surface area contributed by atoms with Gasteiger partial charge >= 0.3 is 0 Å². The Balaban J connectivity index is 1.41. The molecule has 0 aliphatic carbocycles. The van der Waals surface area contributed by atoms with Crippen LogP contribution in [-0.2, 0) is 13.0 Å². The summed E-state index contributed by atoms with van der Waals surface area (Å²) >= 11 is 0. The van der Waals surface area contributed by atoms with Crippen LogP contribution < -0.4 is 5.73 Å². The predicted octanol–water partition coefficient (Wildman–Crippen LogP) is 3.77. The Morgan fingerprint density at radius 2 is 1.64 bits per heavy atom. The summed E-state index contributed by atoms with van der Waals surface area (Å²) in [5, 5.41) is 0. The Hall–Kier alpha value is -2.13. The first-order valence-corrected chi connectivity index (χ1v) is 9.37. The molecule has 2 saturated heterocycles. The standard InChI is InChI=1S/C22H26N2O/c23-22(25)19-8-4-7-17(12-19)11-18-13-20-9-10-21(14-18)24(20)15-16-5-2-1-3-6-16/h1-8,12,18,20-21H,9-11,13-15H2,(H2,23,25)/t18?,20-,21+. The Bertz CT molecular complexity index is 729.